The van der Waals surface area contributed by atoms with E-state index in [4.69, 9.17) is 16.3 Å². The average Bonchev–Trinajstić information content (AvgIpc) is 3.22. The number of carbonyl (C=O) groups is 1. The number of benzene rings is 1. The van der Waals surface area contributed by atoms with E-state index in [-0.39, 0.29) is 29.5 Å². The van der Waals surface area contributed by atoms with E-state index in [0.717, 1.165) is 11.3 Å². The number of pyridine rings is 1. The Kier molecular flexibility index (Phi) is 4.90. The Labute approximate surface area is 207 Å². The molecule has 0 radical (unpaired) electrons. The highest BCUT2D eigenvalue weighted by atomic mass is 35.5. The smallest absolute Gasteiger partial charge is 0.275 e. The van der Waals surface area contributed by atoms with Crippen LogP contribution in [0.15, 0.2) is 47.7 Å². The SMILES string of the molecule is Cc1cn(-c2ccc3n(c2=O)CCN([C@@H](C)COc2ccc(Cl)cc2C24CC(F)(C2)C4)C3=O)cn1. The summed E-state index contributed by atoms with van der Waals surface area (Å²) in [5.41, 5.74) is 1.19. The first-order chi connectivity index (χ1) is 16.7. The first kappa shape index (κ1) is 22.3. The molecule has 3 heterocycles. The number of nitrogens with zero attached hydrogens (tertiary/aromatic N) is 4. The minimum atomic E-state index is -1.02. The molecule has 1 aliphatic heterocycles. The fourth-order valence-electron chi connectivity index (χ4n) is 5.89. The van der Waals surface area contributed by atoms with Crippen molar-refractivity contribution >= 4 is 17.5 Å². The number of hydrogen-bond donors (Lipinski definition) is 0. The third-order valence-electron chi connectivity index (χ3n) is 7.68. The second-order valence-electron chi connectivity index (χ2n) is 10.2. The van der Waals surface area contributed by atoms with Crippen LogP contribution in [0, 0.1) is 6.92 Å². The van der Waals surface area contributed by atoms with Crippen molar-refractivity contribution in [3.63, 3.8) is 0 Å². The summed E-state index contributed by atoms with van der Waals surface area (Å²) in [6, 6.07) is 8.64. The molecule has 182 valence electrons. The monoisotopic (exact) mass is 496 g/mol. The van der Waals surface area contributed by atoms with Crippen LogP contribution in [0.3, 0.4) is 0 Å². The van der Waals surface area contributed by atoms with Crippen LogP contribution in [0.1, 0.15) is 47.9 Å². The highest BCUT2D eigenvalue weighted by Gasteiger charge is 2.70. The molecule has 3 fully saturated rings. The number of hydrogen-bond acceptors (Lipinski definition) is 4. The summed E-state index contributed by atoms with van der Waals surface area (Å²) in [6.07, 6.45) is 4.93. The third-order valence-corrected chi connectivity index (χ3v) is 7.91. The van der Waals surface area contributed by atoms with Crippen molar-refractivity contribution in [3.05, 3.63) is 75.2 Å². The number of halogens is 2. The Morgan fingerprint density at radius 1 is 1.17 bits per heavy atom. The number of fused-ring (bicyclic) bond motifs is 1. The summed E-state index contributed by atoms with van der Waals surface area (Å²) in [6.45, 7) is 4.89. The number of ether oxygens (including phenoxy) is 1. The zero-order chi connectivity index (χ0) is 24.5. The Bertz CT molecular complexity index is 1390. The predicted octanol–water partition coefficient (Wildman–Crippen LogP) is 4.06. The maximum Gasteiger partial charge on any atom is 0.275 e. The molecule has 1 aromatic carbocycles. The highest BCUT2D eigenvalue weighted by molar-refractivity contribution is 6.30. The van der Waals surface area contributed by atoms with Gasteiger partial charge in [-0.3, -0.25) is 9.59 Å². The molecule has 1 atom stereocenters. The number of aryl methyl sites for hydroxylation is 1. The van der Waals surface area contributed by atoms with Gasteiger partial charge in [0, 0.05) is 35.3 Å². The lowest BCUT2D eigenvalue weighted by Crippen LogP contribution is -2.67. The topological polar surface area (TPSA) is 69.4 Å². The van der Waals surface area contributed by atoms with E-state index in [2.05, 4.69) is 4.98 Å². The van der Waals surface area contributed by atoms with Gasteiger partial charge in [0.05, 0.1) is 18.1 Å². The molecule has 3 aliphatic carbocycles. The van der Waals surface area contributed by atoms with Crippen LogP contribution in [0.2, 0.25) is 5.02 Å². The first-order valence-electron chi connectivity index (χ1n) is 11.9. The van der Waals surface area contributed by atoms with Gasteiger partial charge in [0.1, 0.15) is 29.4 Å². The summed E-state index contributed by atoms with van der Waals surface area (Å²) >= 11 is 6.24. The van der Waals surface area contributed by atoms with Gasteiger partial charge < -0.3 is 18.8 Å². The number of imidazole rings is 1. The lowest BCUT2D eigenvalue weighted by atomic mass is 9.40. The van der Waals surface area contributed by atoms with E-state index >= 15 is 0 Å². The second kappa shape index (κ2) is 7.68. The molecule has 2 bridgehead atoms. The van der Waals surface area contributed by atoms with Crippen molar-refractivity contribution < 1.29 is 13.9 Å². The van der Waals surface area contributed by atoms with Crippen LogP contribution < -0.4 is 10.3 Å². The molecule has 0 unspecified atom stereocenters. The van der Waals surface area contributed by atoms with Crippen molar-refractivity contribution in [3.8, 4) is 11.4 Å². The highest BCUT2D eigenvalue weighted by Crippen LogP contribution is 2.71. The standard InChI is InChI=1S/C26H26ClFN4O3/c1-16-10-30(15-29-16)20-4-5-21-24(34)31(7-8-32(21)23(20)33)17(2)11-35-22-6-3-18(27)9-19(22)25-12-26(28,13-25)14-25/h3-6,9-10,15,17H,7-8,11-14H2,1-2H3/t17-,25?,26?/m0/s1. The largest absolute Gasteiger partial charge is 0.491 e. The van der Waals surface area contributed by atoms with Crippen LogP contribution in [0.4, 0.5) is 4.39 Å². The maximum atomic E-state index is 14.2. The molecule has 4 aliphatic rings. The second-order valence-corrected chi connectivity index (χ2v) is 10.7. The molecule has 0 saturated heterocycles. The number of carbonyl (C=O) groups excluding carboxylic acids is 1. The summed E-state index contributed by atoms with van der Waals surface area (Å²) in [4.78, 5) is 32.3. The van der Waals surface area contributed by atoms with Gasteiger partial charge in [-0.2, -0.15) is 0 Å². The summed E-state index contributed by atoms with van der Waals surface area (Å²) < 4.78 is 23.5. The van der Waals surface area contributed by atoms with E-state index < -0.39 is 5.67 Å². The maximum absolute atomic E-state index is 14.2. The third kappa shape index (κ3) is 3.49. The van der Waals surface area contributed by atoms with Crippen molar-refractivity contribution in [2.45, 2.75) is 56.8 Å². The molecule has 7 rings (SSSR count). The fraction of sp³-hybridized carbons (Fsp3) is 0.423. The van der Waals surface area contributed by atoms with Gasteiger partial charge in [0.15, 0.2) is 0 Å². The van der Waals surface area contributed by atoms with Crippen LogP contribution >= 0.6 is 11.6 Å². The Morgan fingerprint density at radius 2 is 1.94 bits per heavy atom. The minimum Gasteiger partial charge on any atom is -0.491 e. The number of rotatable bonds is 6. The van der Waals surface area contributed by atoms with Crippen molar-refractivity contribution in [2.75, 3.05) is 13.2 Å². The molecule has 0 N–H and O–H groups in total. The lowest BCUT2D eigenvalue weighted by molar-refractivity contribution is -0.158. The number of aromatic nitrogens is 3. The summed E-state index contributed by atoms with van der Waals surface area (Å²) in [7, 11) is 0. The van der Waals surface area contributed by atoms with Crippen LogP contribution in [0.5, 0.6) is 5.75 Å². The van der Waals surface area contributed by atoms with Gasteiger partial charge in [-0.05, 0) is 63.4 Å². The molecule has 35 heavy (non-hydrogen) atoms. The van der Waals surface area contributed by atoms with Crippen molar-refractivity contribution in [1.82, 2.24) is 19.0 Å². The zero-order valence-electron chi connectivity index (χ0n) is 19.6. The fourth-order valence-corrected chi connectivity index (χ4v) is 6.07. The molecule has 7 nitrogen and oxygen atoms in total. The number of amides is 1. The molecular weight excluding hydrogens is 471 g/mol. The quantitative estimate of drug-likeness (QED) is 0.516. The Morgan fingerprint density at radius 3 is 2.63 bits per heavy atom. The van der Waals surface area contributed by atoms with E-state index in [9.17, 15) is 14.0 Å². The Hall–Kier alpha value is -3.13. The van der Waals surface area contributed by atoms with Gasteiger partial charge in [0.25, 0.3) is 11.5 Å². The lowest BCUT2D eigenvalue weighted by Gasteiger charge is -2.66. The van der Waals surface area contributed by atoms with Crippen LogP contribution in [-0.2, 0) is 12.0 Å². The molecule has 3 saturated carbocycles. The normalized spacial score (nSPS) is 25.5. The molecule has 9 heteroatoms. The molecular formula is C26H26ClFN4O3. The van der Waals surface area contributed by atoms with Gasteiger partial charge in [-0.25, -0.2) is 9.37 Å². The predicted molar refractivity (Wildman–Crippen MR) is 129 cm³/mol. The average molecular weight is 497 g/mol. The van der Waals surface area contributed by atoms with E-state index in [1.54, 1.807) is 40.2 Å². The zero-order valence-corrected chi connectivity index (χ0v) is 20.4. The summed E-state index contributed by atoms with van der Waals surface area (Å²) in [5, 5.41) is 0.608. The molecule has 3 aromatic rings. The van der Waals surface area contributed by atoms with Gasteiger partial charge in [0.2, 0.25) is 0 Å². The molecule has 1 amide bonds. The minimum absolute atomic E-state index is 0.176. The van der Waals surface area contributed by atoms with Crippen molar-refractivity contribution in [2.24, 2.45) is 0 Å². The first-order valence-corrected chi connectivity index (χ1v) is 12.2. The van der Waals surface area contributed by atoms with E-state index in [0.29, 0.717) is 54.5 Å². The van der Waals surface area contributed by atoms with Gasteiger partial charge >= 0.3 is 0 Å². The van der Waals surface area contributed by atoms with Crippen LogP contribution in [0.25, 0.3) is 5.69 Å². The van der Waals surface area contributed by atoms with Crippen LogP contribution in [-0.4, -0.2) is 49.8 Å². The molecule has 0 spiro atoms. The van der Waals surface area contributed by atoms with Crippen molar-refractivity contribution in [1.29, 1.82) is 0 Å². The van der Waals surface area contributed by atoms with Gasteiger partial charge in [-0.15, -0.1) is 0 Å². The summed E-state index contributed by atoms with van der Waals surface area (Å²) in [5.74, 6) is 0.497. The van der Waals surface area contributed by atoms with Gasteiger partial charge in [-0.1, -0.05) is 11.6 Å². The Balaban J connectivity index is 1.19. The molecule has 2 aromatic heterocycles. The van der Waals surface area contributed by atoms with E-state index in [1.165, 1.54) is 4.57 Å². The van der Waals surface area contributed by atoms with E-state index in [1.807, 2.05) is 26.0 Å². The number of alkyl halides is 1.